The van der Waals surface area contributed by atoms with Gasteiger partial charge in [-0.05, 0) is 30.7 Å². The molecule has 30 heavy (non-hydrogen) atoms. The number of aliphatic imine (C=N–C) groups is 1. The van der Waals surface area contributed by atoms with Crippen LogP contribution in [0.2, 0.25) is 0 Å². The Labute approximate surface area is 179 Å². The van der Waals surface area contributed by atoms with Crippen LogP contribution in [0.25, 0.3) is 0 Å². The van der Waals surface area contributed by atoms with Gasteiger partial charge in [0.25, 0.3) is 0 Å². The number of ether oxygens (including phenoxy) is 2. The number of hydrogen-bond donors (Lipinski definition) is 2. The third-order valence-corrected chi connectivity index (χ3v) is 4.85. The van der Waals surface area contributed by atoms with Gasteiger partial charge in [-0.3, -0.25) is 0 Å². The van der Waals surface area contributed by atoms with Crippen molar-refractivity contribution in [1.82, 2.24) is 10.6 Å². The molecular formula is C24H32N4O2. The predicted octanol–water partition coefficient (Wildman–Crippen LogP) is 3.34. The van der Waals surface area contributed by atoms with Gasteiger partial charge < -0.3 is 25.0 Å². The quantitative estimate of drug-likeness (QED) is 0.379. The Morgan fingerprint density at radius 3 is 2.63 bits per heavy atom. The van der Waals surface area contributed by atoms with Gasteiger partial charge in [-0.1, -0.05) is 43.0 Å². The molecule has 2 aromatic carbocycles. The van der Waals surface area contributed by atoms with E-state index in [1.165, 1.54) is 11.3 Å². The fourth-order valence-corrected chi connectivity index (χ4v) is 3.26. The highest BCUT2D eigenvalue weighted by atomic mass is 16.5. The van der Waals surface area contributed by atoms with Crippen molar-refractivity contribution in [2.24, 2.45) is 4.99 Å². The Bertz CT molecular complexity index is 814. The predicted molar refractivity (Wildman–Crippen MR) is 123 cm³/mol. The summed E-state index contributed by atoms with van der Waals surface area (Å²) in [5, 5.41) is 6.71. The molecule has 0 amide bonds. The topological polar surface area (TPSA) is 58.1 Å². The molecule has 1 saturated heterocycles. The van der Waals surface area contributed by atoms with Gasteiger partial charge >= 0.3 is 0 Å². The van der Waals surface area contributed by atoms with E-state index < -0.39 is 0 Å². The molecule has 2 aromatic rings. The van der Waals surface area contributed by atoms with Crippen LogP contribution < -0.4 is 20.3 Å². The Kier molecular flexibility index (Phi) is 8.60. The summed E-state index contributed by atoms with van der Waals surface area (Å²) >= 11 is 0. The minimum absolute atomic E-state index is 0.492. The maximum atomic E-state index is 5.74. The SMILES string of the molecule is C=CCOc1ccccc1CNC(=NCc1ccc(N2CCOCC2)cc1)NCC. The zero-order chi connectivity index (χ0) is 21.0. The van der Waals surface area contributed by atoms with Gasteiger partial charge in [0.2, 0.25) is 0 Å². The second-order valence-electron chi connectivity index (χ2n) is 7.02. The molecule has 2 N–H and O–H groups in total. The molecule has 160 valence electrons. The Balaban J connectivity index is 1.58. The molecule has 1 fully saturated rings. The first-order valence-corrected chi connectivity index (χ1v) is 10.6. The zero-order valence-electron chi connectivity index (χ0n) is 17.8. The summed E-state index contributed by atoms with van der Waals surface area (Å²) in [5.74, 6) is 1.65. The fraction of sp³-hybridized carbons (Fsp3) is 0.375. The first kappa shape index (κ1) is 21.7. The number of anilines is 1. The van der Waals surface area contributed by atoms with Gasteiger partial charge in [0.1, 0.15) is 12.4 Å². The Morgan fingerprint density at radius 1 is 1.13 bits per heavy atom. The van der Waals surface area contributed by atoms with Crippen LogP contribution in [-0.4, -0.2) is 45.4 Å². The lowest BCUT2D eigenvalue weighted by Gasteiger charge is -2.28. The number of nitrogens with one attached hydrogen (secondary N) is 2. The van der Waals surface area contributed by atoms with E-state index in [0.29, 0.717) is 19.7 Å². The maximum Gasteiger partial charge on any atom is 0.191 e. The molecule has 0 spiro atoms. The molecule has 0 bridgehead atoms. The van der Waals surface area contributed by atoms with E-state index in [4.69, 9.17) is 14.5 Å². The molecule has 0 saturated carbocycles. The smallest absolute Gasteiger partial charge is 0.191 e. The van der Waals surface area contributed by atoms with Crippen molar-refractivity contribution in [3.8, 4) is 5.75 Å². The summed E-state index contributed by atoms with van der Waals surface area (Å²) < 4.78 is 11.2. The molecule has 3 rings (SSSR count). The lowest BCUT2D eigenvalue weighted by Crippen LogP contribution is -2.37. The number of rotatable bonds is 9. The van der Waals surface area contributed by atoms with Gasteiger partial charge in [0, 0.05) is 37.4 Å². The third kappa shape index (κ3) is 6.52. The summed E-state index contributed by atoms with van der Waals surface area (Å²) in [6, 6.07) is 16.7. The number of guanidine groups is 1. The number of morpholine rings is 1. The summed E-state index contributed by atoms with van der Waals surface area (Å²) in [5.41, 5.74) is 3.51. The third-order valence-electron chi connectivity index (χ3n) is 4.85. The molecule has 1 aliphatic heterocycles. The van der Waals surface area contributed by atoms with E-state index >= 15 is 0 Å². The second-order valence-corrected chi connectivity index (χ2v) is 7.02. The molecule has 1 aliphatic rings. The van der Waals surface area contributed by atoms with Crippen molar-refractivity contribution in [1.29, 1.82) is 0 Å². The largest absolute Gasteiger partial charge is 0.489 e. The molecule has 6 nitrogen and oxygen atoms in total. The van der Waals surface area contributed by atoms with Crippen LogP contribution in [0, 0.1) is 0 Å². The van der Waals surface area contributed by atoms with Crippen molar-refractivity contribution in [2.75, 3.05) is 44.4 Å². The Hall–Kier alpha value is -2.99. The van der Waals surface area contributed by atoms with Crippen LogP contribution in [-0.2, 0) is 17.8 Å². The average Bonchev–Trinajstić information content (AvgIpc) is 2.81. The molecular weight excluding hydrogens is 376 g/mol. The van der Waals surface area contributed by atoms with Crippen molar-refractivity contribution >= 4 is 11.6 Å². The zero-order valence-corrected chi connectivity index (χ0v) is 17.8. The highest BCUT2D eigenvalue weighted by Gasteiger charge is 2.10. The normalized spacial score (nSPS) is 14.3. The van der Waals surface area contributed by atoms with Gasteiger partial charge in [-0.15, -0.1) is 0 Å². The van der Waals surface area contributed by atoms with Crippen molar-refractivity contribution in [3.05, 3.63) is 72.3 Å². The minimum atomic E-state index is 0.492. The number of nitrogens with zero attached hydrogens (tertiary/aromatic N) is 2. The monoisotopic (exact) mass is 408 g/mol. The average molecular weight is 409 g/mol. The first-order chi connectivity index (χ1) is 14.8. The van der Waals surface area contributed by atoms with Crippen LogP contribution in [0.5, 0.6) is 5.75 Å². The molecule has 1 heterocycles. The van der Waals surface area contributed by atoms with Crippen molar-refractivity contribution < 1.29 is 9.47 Å². The standard InChI is InChI=1S/C24H32N4O2/c1-3-15-30-23-8-6-5-7-21(23)19-27-24(25-4-2)26-18-20-9-11-22(12-10-20)28-13-16-29-17-14-28/h3,5-12H,1,4,13-19H2,2H3,(H2,25,26,27). The van der Waals surface area contributed by atoms with Gasteiger partial charge in [0.15, 0.2) is 5.96 Å². The summed E-state index contributed by atoms with van der Waals surface area (Å²) in [7, 11) is 0. The van der Waals surface area contributed by atoms with E-state index in [9.17, 15) is 0 Å². The van der Waals surface area contributed by atoms with Gasteiger partial charge in [-0.2, -0.15) is 0 Å². The van der Waals surface area contributed by atoms with E-state index in [-0.39, 0.29) is 0 Å². The summed E-state index contributed by atoms with van der Waals surface area (Å²) in [4.78, 5) is 7.09. The fourth-order valence-electron chi connectivity index (χ4n) is 3.26. The molecule has 0 unspecified atom stereocenters. The van der Waals surface area contributed by atoms with E-state index in [1.807, 2.05) is 18.2 Å². The van der Waals surface area contributed by atoms with Gasteiger partial charge in [0.05, 0.1) is 19.8 Å². The summed E-state index contributed by atoms with van der Waals surface area (Å²) in [6.45, 7) is 11.8. The second kappa shape index (κ2) is 11.9. The molecule has 0 aromatic heterocycles. The lowest BCUT2D eigenvalue weighted by atomic mass is 10.2. The highest BCUT2D eigenvalue weighted by molar-refractivity contribution is 5.79. The van der Waals surface area contributed by atoms with Crippen molar-refractivity contribution in [3.63, 3.8) is 0 Å². The molecule has 0 aliphatic carbocycles. The van der Waals surface area contributed by atoms with E-state index in [1.54, 1.807) is 6.08 Å². The summed E-state index contributed by atoms with van der Waals surface area (Å²) in [6.07, 6.45) is 1.75. The van der Waals surface area contributed by atoms with Crippen LogP contribution >= 0.6 is 0 Å². The number of benzene rings is 2. The first-order valence-electron chi connectivity index (χ1n) is 10.6. The Morgan fingerprint density at radius 2 is 1.90 bits per heavy atom. The van der Waals surface area contributed by atoms with Gasteiger partial charge in [-0.25, -0.2) is 4.99 Å². The number of hydrogen-bond acceptors (Lipinski definition) is 4. The van der Waals surface area contributed by atoms with Crippen molar-refractivity contribution in [2.45, 2.75) is 20.0 Å². The molecule has 6 heteroatoms. The number of para-hydroxylation sites is 1. The minimum Gasteiger partial charge on any atom is -0.489 e. The highest BCUT2D eigenvalue weighted by Crippen LogP contribution is 2.18. The maximum absolute atomic E-state index is 5.74. The van der Waals surface area contributed by atoms with E-state index in [0.717, 1.165) is 50.1 Å². The van der Waals surface area contributed by atoms with Crippen LogP contribution in [0.15, 0.2) is 66.2 Å². The van der Waals surface area contributed by atoms with Crippen LogP contribution in [0.1, 0.15) is 18.1 Å². The van der Waals surface area contributed by atoms with Crippen LogP contribution in [0.4, 0.5) is 5.69 Å². The molecule has 0 radical (unpaired) electrons. The van der Waals surface area contributed by atoms with E-state index in [2.05, 4.69) is 59.4 Å². The van der Waals surface area contributed by atoms with Crippen LogP contribution in [0.3, 0.4) is 0 Å². The molecule has 0 atom stereocenters. The lowest BCUT2D eigenvalue weighted by molar-refractivity contribution is 0.122.